The lowest BCUT2D eigenvalue weighted by Crippen LogP contribution is -2.30. The third-order valence-electron chi connectivity index (χ3n) is 2.47. The van der Waals surface area contributed by atoms with Crippen LogP contribution >= 0.6 is 12.2 Å². The summed E-state index contributed by atoms with van der Waals surface area (Å²) < 4.78 is 25.8. The van der Waals surface area contributed by atoms with Crippen molar-refractivity contribution < 1.29 is 8.42 Å². The van der Waals surface area contributed by atoms with Crippen molar-refractivity contribution in [3.63, 3.8) is 0 Å². The van der Waals surface area contributed by atoms with Crippen molar-refractivity contribution in [3.05, 3.63) is 29.8 Å². The van der Waals surface area contributed by atoms with Gasteiger partial charge in [-0.05, 0) is 18.1 Å². The highest BCUT2D eigenvalue weighted by atomic mass is 32.2. The van der Waals surface area contributed by atoms with E-state index in [1.165, 1.54) is 16.4 Å². The van der Waals surface area contributed by atoms with E-state index in [1.807, 2.05) is 13.8 Å². The Bertz CT molecular complexity index is 522. The summed E-state index contributed by atoms with van der Waals surface area (Å²) in [5, 5.41) is 0. The Morgan fingerprint density at radius 3 is 2.22 bits per heavy atom. The Kier molecular flexibility index (Phi) is 4.84. The highest BCUT2D eigenvalue weighted by molar-refractivity contribution is 7.89. The number of nitrogens with zero attached hydrogens (tertiary/aromatic N) is 1. The zero-order valence-electron chi connectivity index (χ0n) is 10.8. The molecule has 0 amide bonds. The van der Waals surface area contributed by atoms with Crippen LogP contribution in [0.2, 0.25) is 0 Å². The fourth-order valence-corrected chi connectivity index (χ4v) is 3.05. The molecule has 0 radical (unpaired) electrons. The molecular formula is C12H18N2O2S2. The Balaban J connectivity index is 3.02. The van der Waals surface area contributed by atoms with Crippen LogP contribution < -0.4 is 5.73 Å². The highest BCUT2D eigenvalue weighted by Crippen LogP contribution is 2.16. The maximum Gasteiger partial charge on any atom is 0.242 e. The zero-order chi connectivity index (χ0) is 13.9. The summed E-state index contributed by atoms with van der Waals surface area (Å²) in [6.07, 6.45) is 0. The second-order valence-electron chi connectivity index (χ2n) is 4.57. The summed E-state index contributed by atoms with van der Waals surface area (Å²) in [5.41, 5.74) is 6.13. The standard InChI is InChI=1S/C12H18N2O2S2/c1-9(2)8-14(3)18(15,16)11-6-4-10(5-7-11)12(13)17/h4-7,9H,8H2,1-3H3,(H2,13,17). The van der Waals surface area contributed by atoms with Crippen LogP contribution in [-0.2, 0) is 10.0 Å². The van der Waals surface area contributed by atoms with Crippen LogP contribution in [-0.4, -0.2) is 31.3 Å². The molecule has 1 aromatic carbocycles. The Morgan fingerprint density at radius 1 is 1.33 bits per heavy atom. The van der Waals surface area contributed by atoms with E-state index in [-0.39, 0.29) is 15.8 Å². The number of nitrogens with two attached hydrogens (primary N) is 1. The van der Waals surface area contributed by atoms with Crippen LogP contribution in [0.4, 0.5) is 0 Å². The predicted octanol–water partition coefficient (Wildman–Crippen LogP) is 1.60. The second-order valence-corrected chi connectivity index (χ2v) is 7.05. The molecule has 0 saturated heterocycles. The molecule has 1 aromatic rings. The van der Waals surface area contributed by atoms with Gasteiger partial charge in [-0.25, -0.2) is 12.7 Å². The van der Waals surface area contributed by atoms with Gasteiger partial charge in [0.2, 0.25) is 10.0 Å². The van der Waals surface area contributed by atoms with Crippen molar-refractivity contribution >= 4 is 27.2 Å². The summed E-state index contributed by atoms with van der Waals surface area (Å²) in [6.45, 7) is 4.43. The van der Waals surface area contributed by atoms with Crippen LogP contribution in [0.25, 0.3) is 0 Å². The minimum Gasteiger partial charge on any atom is -0.389 e. The van der Waals surface area contributed by atoms with E-state index in [9.17, 15) is 8.42 Å². The summed E-state index contributed by atoms with van der Waals surface area (Å²) in [7, 11) is -1.85. The molecule has 0 bridgehead atoms. The van der Waals surface area contributed by atoms with Crippen molar-refractivity contribution in [1.82, 2.24) is 4.31 Å². The molecule has 0 atom stereocenters. The Morgan fingerprint density at radius 2 is 1.83 bits per heavy atom. The SMILES string of the molecule is CC(C)CN(C)S(=O)(=O)c1ccc(C(N)=S)cc1. The minimum atomic E-state index is -3.43. The Hall–Kier alpha value is -0.980. The van der Waals surface area contributed by atoms with Crippen LogP contribution in [0.1, 0.15) is 19.4 Å². The van der Waals surface area contributed by atoms with Gasteiger partial charge in [0.15, 0.2) is 0 Å². The van der Waals surface area contributed by atoms with Gasteiger partial charge in [0.05, 0.1) is 4.90 Å². The first-order chi connectivity index (χ1) is 8.25. The van der Waals surface area contributed by atoms with Crippen LogP contribution in [0.15, 0.2) is 29.2 Å². The Labute approximate surface area is 114 Å². The van der Waals surface area contributed by atoms with E-state index in [2.05, 4.69) is 0 Å². The highest BCUT2D eigenvalue weighted by Gasteiger charge is 2.21. The van der Waals surface area contributed by atoms with E-state index < -0.39 is 10.0 Å². The summed E-state index contributed by atoms with van der Waals surface area (Å²) in [4.78, 5) is 0.514. The molecule has 2 N–H and O–H groups in total. The molecule has 100 valence electrons. The van der Waals surface area contributed by atoms with Gasteiger partial charge in [-0.15, -0.1) is 0 Å². The van der Waals surface area contributed by atoms with E-state index in [0.29, 0.717) is 12.1 Å². The first kappa shape index (κ1) is 15.1. The van der Waals surface area contributed by atoms with Gasteiger partial charge in [-0.1, -0.05) is 38.2 Å². The van der Waals surface area contributed by atoms with Gasteiger partial charge in [-0.2, -0.15) is 0 Å². The number of hydrogen-bond acceptors (Lipinski definition) is 3. The average Bonchev–Trinajstić information content (AvgIpc) is 2.28. The van der Waals surface area contributed by atoms with Crippen LogP contribution in [0.5, 0.6) is 0 Å². The molecule has 0 aliphatic carbocycles. The normalized spacial score (nSPS) is 12.1. The lowest BCUT2D eigenvalue weighted by Gasteiger charge is -2.19. The van der Waals surface area contributed by atoms with Gasteiger partial charge in [0.1, 0.15) is 4.99 Å². The molecular weight excluding hydrogens is 268 g/mol. The van der Waals surface area contributed by atoms with Crippen molar-refractivity contribution in [1.29, 1.82) is 0 Å². The molecule has 0 aliphatic heterocycles. The topological polar surface area (TPSA) is 63.4 Å². The molecule has 0 heterocycles. The summed E-state index contributed by atoms with van der Waals surface area (Å²) >= 11 is 4.83. The molecule has 1 rings (SSSR count). The molecule has 0 unspecified atom stereocenters. The molecule has 18 heavy (non-hydrogen) atoms. The second kappa shape index (κ2) is 5.77. The number of thiocarbonyl (C=S) groups is 1. The van der Waals surface area contributed by atoms with Crippen LogP contribution in [0, 0.1) is 5.92 Å². The number of benzene rings is 1. The molecule has 4 nitrogen and oxygen atoms in total. The molecule has 6 heteroatoms. The lowest BCUT2D eigenvalue weighted by atomic mass is 10.2. The quantitative estimate of drug-likeness (QED) is 0.835. The fourth-order valence-electron chi connectivity index (χ4n) is 1.58. The van der Waals surface area contributed by atoms with Gasteiger partial charge >= 0.3 is 0 Å². The number of hydrogen-bond donors (Lipinski definition) is 1. The zero-order valence-corrected chi connectivity index (χ0v) is 12.4. The molecule has 0 spiro atoms. The molecule has 0 aromatic heterocycles. The first-order valence-electron chi connectivity index (χ1n) is 5.61. The number of sulfonamides is 1. The van der Waals surface area contributed by atoms with Gasteiger partial charge in [0.25, 0.3) is 0 Å². The third kappa shape index (κ3) is 3.51. The number of rotatable bonds is 5. The third-order valence-corrected chi connectivity index (χ3v) is 4.54. The van der Waals surface area contributed by atoms with Crippen LogP contribution in [0.3, 0.4) is 0 Å². The van der Waals surface area contributed by atoms with E-state index >= 15 is 0 Å². The first-order valence-corrected chi connectivity index (χ1v) is 7.46. The smallest absolute Gasteiger partial charge is 0.242 e. The maximum atomic E-state index is 12.2. The van der Waals surface area contributed by atoms with E-state index in [4.69, 9.17) is 18.0 Å². The molecule has 0 saturated carbocycles. The van der Waals surface area contributed by atoms with Gasteiger partial charge in [0, 0.05) is 19.2 Å². The van der Waals surface area contributed by atoms with Gasteiger partial charge in [-0.3, -0.25) is 0 Å². The monoisotopic (exact) mass is 286 g/mol. The van der Waals surface area contributed by atoms with E-state index in [1.54, 1.807) is 19.2 Å². The van der Waals surface area contributed by atoms with Crippen molar-refractivity contribution in [3.8, 4) is 0 Å². The van der Waals surface area contributed by atoms with Crippen molar-refractivity contribution in [2.45, 2.75) is 18.7 Å². The molecule has 0 aliphatic rings. The van der Waals surface area contributed by atoms with Crippen molar-refractivity contribution in [2.75, 3.05) is 13.6 Å². The van der Waals surface area contributed by atoms with Gasteiger partial charge < -0.3 is 5.73 Å². The summed E-state index contributed by atoms with van der Waals surface area (Å²) in [6, 6.07) is 6.30. The fraction of sp³-hybridized carbons (Fsp3) is 0.417. The summed E-state index contributed by atoms with van der Waals surface area (Å²) in [5.74, 6) is 0.278. The van der Waals surface area contributed by atoms with Crippen molar-refractivity contribution in [2.24, 2.45) is 11.7 Å². The van der Waals surface area contributed by atoms with E-state index in [0.717, 1.165) is 0 Å². The predicted molar refractivity (Wildman–Crippen MR) is 77.0 cm³/mol. The molecule has 0 fully saturated rings. The minimum absolute atomic E-state index is 0.255. The average molecular weight is 286 g/mol. The lowest BCUT2D eigenvalue weighted by molar-refractivity contribution is 0.417. The maximum absolute atomic E-state index is 12.2. The largest absolute Gasteiger partial charge is 0.389 e.